The van der Waals surface area contributed by atoms with Crippen LogP contribution in [0.5, 0.6) is 23.5 Å². The van der Waals surface area contributed by atoms with Gasteiger partial charge in [0.05, 0.1) is 12.2 Å². The van der Waals surface area contributed by atoms with Crippen molar-refractivity contribution in [1.29, 1.82) is 0 Å². The number of hydrogen-bond donors (Lipinski definition) is 0. The van der Waals surface area contributed by atoms with Gasteiger partial charge in [0.15, 0.2) is 34.8 Å². The topological polar surface area (TPSA) is 125 Å². The van der Waals surface area contributed by atoms with E-state index in [0.29, 0.717) is 57.8 Å². The first-order valence-electron chi connectivity index (χ1n) is 21.5. The van der Waals surface area contributed by atoms with Gasteiger partial charge in [-0.05, 0) is 93.0 Å². The maximum atomic E-state index is 15.0. The van der Waals surface area contributed by atoms with Gasteiger partial charge >= 0.3 is 0 Å². The molecule has 2 aliphatic carbocycles. The van der Waals surface area contributed by atoms with Crippen molar-refractivity contribution < 1.29 is 73.1 Å². The van der Waals surface area contributed by atoms with Gasteiger partial charge in [-0.1, -0.05) is 13.8 Å². The first kappa shape index (κ1) is 51.7. The molecule has 2 saturated carbocycles. The average Bonchev–Trinajstić information content (AvgIpc) is 3.75. The first-order valence-corrected chi connectivity index (χ1v) is 22.3. The number of halogens is 9. The van der Waals surface area contributed by atoms with Crippen molar-refractivity contribution >= 4 is 49.6 Å². The summed E-state index contributed by atoms with van der Waals surface area (Å²) >= 11 is 2.87. The number of Topliss-reactive ketones (excluding diaryl/α,β-unsaturated/α-hetero) is 2. The molecule has 2 aromatic heterocycles. The molecule has 2 fully saturated rings. The molecule has 0 N–H and O–H groups in total. The van der Waals surface area contributed by atoms with E-state index in [1.54, 1.807) is 13.8 Å². The van der Waals surface area contributed by atoms with E-state index in [1.165, 1.54) is 23.2 Å². The summed E-state index contributed by atoms with van der Waals surface area (Å²) in [6.45, 7) is 6.01. The Balaban J connectivity index is 0.000000244. The molecule has 4 aromatic rings. The molecule has 0 radical (unpaired) electrons. The molecular weight excluding hydrogens is 944 g/mol. The molecule has 6 rings (SSSR count). The molecule has 2 heterocycles. The molecule has 12 nitrogen and oxygen atoms in total. The van der Waals surface area contributed by atoms with Crippen LogP contribution in [0.4, 0.5) is 35.1 Å². The first-order chi connectivity index (χ1) is 30.7. The van der Waals surface area contributed by atoms with Crippen molar-refractivity contribution in [1.82, 2.24) is 19.1 Å². The fourth-order valence-corrected chi connectivity index (χ4v) is 8.40. The van der Waals surface area contributed by atoms with E-state index >= 15 is 0 Å². The summed E-state index contributed by atoms with van der Waals surface area (Å²) in [6, 6.07) is 0.787. The third kappa shape index (κ3) is 13.9. The van der Waals surface area contributed by atoms with Crippen LogP contribution in [0.3, 0.4) is 0 Å². The number of carbonyl (C=O) groups is 2. The van der Waals surface area contributed by atoms with E-state index < -0.39 is 65.3 Å². The van der Waals surface area contributed by atoms with Crippen LogP contribution < -0.4 is 18.9 Å². The smallest absolute Gasteiger partial charge is 0.297 e. The highest BCUT2D eigenvalue weighted by Crippen LogP contribution is 2.40. The van der Waals surface area contributed by atoms with Gasteiger partial charge in [0.2, 0.25) is 0 Å². The van der Waals surface area contributed by atoms with Gasteiger partial charge in [-0.2, -0.15) is 9.97 Å². The number of rotatable bonds is 20. The van der Waals surface area contributed by atoms with Crippen molar-refractivity contribution in [2.75, 3.05) is 26.4 Å². The molecule has 2 aliphatic rings. The van der Waals surface area contributed by atoms with E-state index in [1.807, 2.05) is 13.8 Å². The Labute approximate surface area is 379 Å². The molecule has 0 unspecified atom stereocenters. The van der Waals surface area contributed by atoms with Crippen LogP contribution in [0.25, 0.3) is 22.1 Å². The fraction of sp³-hybridized carbons (Fsp3) is 0.636. The Morgan fingerprint density at radius 1 is 0.646 bits per heavy atom. The molecule has 0 spiro atoms. The fourth-order valence-electron chi connectivity index (χ4n) is 7.92. The molecule has 0 amide bonds. The number of ether oxygens (including phenoxy) is 6. The zero-order valence-electron chi connectivity index (χ0n) is 37.1. The summed E-state index contributed by atoms with van der Waals surface area (Å²) in [4.78, 5) is 30.5. The predicted octanol–water partition coefficient (Wildman–Crippen LogP) is 10.4. The number of alkyl halides is 4. The molecule has 65 heavy (non-hydrogen) atoms. The van der Waals surface area contributed by atoms with E-state index in [9.17, 15) is 44.7 Å². The van der Waals surface area contributed by atoms with Crippen LogP contribution in [0.2, 0.25) is 0 Å². The lowest BCUT2D eigenvalue weighted by atomic mass is 9.95. The van der Waals surface area contributed by atoms with Crippen molar-refractivity contribution in [2.45, 2.75) is 129 Å². The number of imidazole rings is 2. The zero-order chi connectivity index (χ0) is 47.7. The maximum absolute atomic E-state index is 15.0. The number of aryl methyl sites for hydroxylation is 2. The molecule has 21 heteroatoms. The lowest BCUT2D eigenvalue weighted by Gasteiger charge is -2.29. The van der Waals surface area contributed by atoms with Crippen LogP contribution in [-0.4, -0.2) is 94.4 Å². The minimum absolute atomic E-state index is 0.0279. The van der Waals surface area contributed by atoms with Crippen molar-refractivity contribution in [3.05, 3.63) is 33.8 Å². The number of aromatic nitrogens is 4. The Kier molecular flexibility index (Phi) is 18.7. The number of fused-ring (bicyclic) bond motifs is 2. The van der Waals surface area contributed by atoms with Crippen LogP contribution in [0.1, 0.15) is 91.9 Å². The van der Waals surface area contributed by atoms with Gasteiger partial charge in [-0.3, -0.25) is 9.13 Å². The predicted molar refractivity (Wildman–Crippen MR) is 226 cm³/mol. The van der Waals surface area contributed by atoms with E-state index in [0.717, 1.165) is 25.7 Å². The highest BCUT2D eigenvalue weighted by atomic mass is 79.9. The summed E-state index contributed by atoms with van der Waals surface area (Å²) in [7, 11) is 2.93. The summed E-state index contributed by atoms with van der Waals surface area (Å²) < 4.78 is 144. The van der Waals surface area contributed by atoms with Gasteiger partial charge < -0.3 is 38.0 Å². The van der Waals surface area contributed by atoms with E-state index in [4.69, 9.17) is 28.4 Å². The van der Waals surface area contributed by atoms with Crippen molar-refractivity contribution in [3.63, 3.8) is 0 Å². The minimum atomic E-state index is -2.84. The van der Waals surface area contributed by atoms with Crippen molar-refractivity contribution in [2.24, 2.45) is 25.9 Å². The lowest BCUT2D eigenvalue weighted by molar-refractivity contribution is -0.119. The number of hydrogen-bond acceptors (Lipinski definition) is 10. The third-order valence-electron chi connectivity index (χ3n) is 11.0. The Morgan fingerprint density at radius 3 is 1.51 bits per heavy atom. The average molecular weight is 1000 g/mol. The Bertz CT molecular complexity index is 2250. The molecule has 2 atom stereocenters. The van der Waals surface area contributed by atoms with Crippen molar-refractivity contribution in [3.8, 4) is 23.5 Å². The zero-order valence-corrected chi connectivity index (χ0v) is 38.6. The second-order valence-corrected chi connectivity index (χ2v) is 17.7. The van der Waals surface area contributed by atoms with Gasteiger partial charge in [0.1, 0.15) is 63.5 Å². The normalized spacial score (nSPS) is 19.9. The van der Waals surface area contributed by atoms with E-state index in [2.05, 4.69) is 25.9 Å². The molecule has 0 saturated heterocycles. The van der Waals surface area contributed by atoms with Gasteiger partial charge in [-0.25, -0.2) is 35.1 Å². The minimum Gasteiger partial charge on any atom is -0.484 e. The summed E-state index contributed by atoms with van der Waals surface area (Å²) in [5, 5.41) is 0. The van der Waals surface area contributed by atoms with Gasteiger partial charge in [0, 0.05) is 46.2 Å². The third-order valence-corrected chi connectivity index (χ3v) is 11.7. The second-order valence-electron chi connectivity index (χ2n) is 16.9. The van der Waals surface area contributed by atoms with Crippen LogP contribution in [0, 0.1) is 35.1 Å². The highest BCUT2D eigenvalue weighted by Gasteiger charge is 2.30. The Hall–Kier alpha value is -4.24. The number of ketones is 2. The van der Waals surface area contributed by atoms with Gasteiger partial charge in [-0.15, -0.1) is 0 Å². The van der Waals surface area contributed by atoms with Crippen LogP contribution in [-0.2, 0) is 33.2 Å². The Morgan fingerprint density at radius 2 is 1.06 bits per heavy atom. The number of benzene rings is 2. The lowest BCUT2D eigenvalue weighted by Crippen LogP contribution is -2.30. The number of carbonyl (C=O) groups excluding carboxylic acids is 2. The largest absolute Gasteiger partial charge is 0.484 e. The quantitative estimate of drug-likeness (QED) is 0.0624. The van der Waals surface area contributed by atoms with E-state index in [-0.39, 0.29) is 81.9 Å². The standard InChI is InChI=1S/C22H27BrF4N2O4.C22H28F4N2O4/c1-11(8-12(2)30)9-31-13-4-6-14(7-5-13)33-22-28-19-17(26)16(23)21(32-10-15(24)25)18(27)20(19)29(22)3;1-12(8-13(2)29)10-30-14-4-6-15(7-5-14)32-22-27-20-16(23)9-17(31-11-18(24)25)19(26)21(20)28(22)3/h11,13-15H,4-10H2,1-3H3;9,12,14-15,18H,4-8,10-11H2,1-3H3/t11-,13?,14?;12-,14?,15?/m11/s1. The molecule has 0 aliphatic heterocycles. The maximum Gasteiger partial charge on any atom is 0.297 e. The highest BCUT2D eigenvalue weighted by molar-refractivity contribution is 9.10. The summed E-state index contributed by atoms with van der Waals surface area (Å²) in [5.74, 6) is -4.39. The monoisotopic (exact) mass is 998 g/mol. The van der Waals surface area contributed by atoms with Gasteiger partial charge in [0.25, 0.3) is 24.9 Å². The SMILES string of the molecule is CC(=O)C[C@@H](C)COC1CCC(Oc2nc3c(F)c(Br)c(OCC(F)F)c(F)c3n2C)CC1.CC(=O)C[C@@H](C)COC1CCC(Oc2nc3c(F)cc(OCC(F)F)c(F)c3n2C)CC1. The van der Waals surface area contributed by atoms with Crippen LogP contribution in [0.15, 0.2) is 10.5 Å². The molecule has 362 valence electrons. The second kappa shape index (κ2) is 23.5. The summed E-state index contributed by atoms with van der Waals surface area (Å²) in [6.07, 6.45) is 0.815. The summed E-state index contributed by atoms with van der Waals surface area (Å²) in [5.41, 5.74) is -0.967. The van der Waals surface area contributed by atoms with Crippen LogP contribution >= 0.6 is 15.9 Å². The molecule has 0 bridgehead atoms. The molecular formula is C44H55BrF8N4O8. The molecule has 2 aromatic carbocycles. The number of nitrogens with zero attached hydrogens (tertiary/aromatic N) is 4.